The van der Waals surface area contributed by atoms with E-state index in [0.717, 1.165) is 50.7 Å². The van der Waals surface area contributed by atoms with Gasteiger partial charge < -0.3 is 15.0 Å². The van der Waals surface area contributed by atoms with Crippen molar-refractivity contribution in [3.8, 4) is 0 Å². The summed E-state index contributed by atoms with van der Waals surface area (Å²) in [5.74, 6) is 3.16. The van der Waals surface area contributed by atoms with E-state index in [4.69, 9.17) is 4.74 Å². The van der Waals surface area contributed by atoms with Crippen LogP contribution < -0.4 is 5.32 Å². The Morgan fingerprint density at radius 1 is 1.36 bits per heavy atom. The number of fused-ring (bicyclic) bond motifs is 1. The number of hydrogen-bond acceptors (Lipinski definition) is 4. The minimum absolute atomic E-state index is 0. The Labute approximate surface area is 166 Å². The topological polar surface area (TPSA) is 78.4 Å². The van der Waals surface area contributed by atoms with Crippen molar-refractivity contribution < 1.29 is 4.74 Å². The minimum atomic E-state index is 0. The summed E-state index contributed by atoms with van der Waals surface area (Å²) in [6.45, 7) is 7.52. The van der Waals surface area contributed by atoms with Crippen molar-refractivity contribution in [1.29, 1.82) is 0 Å². The van der Waals surface area contributed by atoms with Crippen LogP contribution in [0.3, 0.4) is 0 Å². The number of guanidine groups is 1. The van der Waals surface area contributed by atoms with Gasteiger partial charge in [-0.3, -0.25) is 10.1 Å². The second-order valence-corrected chi connectivity index (χ2v) is 7.87. The largest absolute Gasteiger partial charge is 0.377 e. The fourth-order valence-electron chi connectivity index (χ4n) is 4.83. The number of halogens is 1. The fraction of sp³-hybridized carbons (Fsp3) is 0.824. The molecule has 0 bridgehead atoms. The molecule has 2 N–H and O–H groups in total. The van der Waals surface area contributed by atoms with Gasteiger partial charge in [0.2, 0.25) is 0 Å². The summed E-state index contributed by atoms with van der Waals surface area (Å²) in [5.41, 5.74) is 0.176. The number of ether oxygens (including phenoxy) is 1. The zero-order valence-corrected chi connectivity index (χ0v) is 17.6. The van der Waals surface area contributed by atoms with Crippen molar-refractivity contribution in [2.75, 3.05) is 26.7 Å². The fourth-order valence-corrected chi connectivity index (χ4v) is 4.83. The standard InChI is InChI=1S/C17H28N6O.HI/c1-17(2)13(12-6-9-24-14(12)17)21-16(18-3)23-7-4-11(5-8-23)15-19-10-20-22-15;/h10-14H,4-9H2,1-3H3,(H,18,21)(H,19,20,22);1H. The van der Waals surface area contributed by atoms with Crippen LogP contribution in [0.1, 0.15) is 44.9 Å². The molecule has 3 heterocycles. The van der Waals surface area contributed by atoms with Crippen molar-refractivity contribution in [2.45, 2.75) is 51.2 Å². The van der Waals surface area contributed by atoms with E-state index >= 15 is 0 Å². The van der Waals surface area contributed by atoms with Crippen LogP contribution >= 0.6 is 24.0 Å². The zero-order valence-electron chi connectivity index (χ0n) is 15.2. The molecule has 0 radical (unpaired) electrons. The number of nitrogens with one attached hydrogen (secondary N) is 2. The summed E-state index contributed by atoms with van der Waals surface area (Å²) in [7, 11) is 1.89. The second kappa shape index (κ2) is 7.38. The molecule has 7 nitrogen and oxygen atoms in total. The Morgan fingerprint density at radius 2 is 2.12 bits per heavy atom. The average molecular weight is 460 g/mol. The number of rotatable bonds is 2. The highest BCUT2D eigenvalue weighted by Crippen LogP contribution is 2.52. The van der Waals surface area contributed by atoms with E-state index < -0.39 is 0 Å². The molecule has 2 aliphatic heterocycles. The lowest BCUT2D eigenvalue weighted by molar-refractivity contribution is -0.107. The number of H-pyrrole nitrogens is 1. The molecule has 1 aromatic rings. The SMILES string of the molecule is CN=C(NC1C2CCOC2C1(C)C)N1CCC(c2ncn[nH]2)CC1.I. The van der Waals surface area contributed by atoms with E-state index in [1.165, 1.54) is 0 Å². The molecular weight excluding hydrogens is 431 g/mol. The number of hydrogen-bond donors (Lipinski definition) is 2. The number of aliphatic imine (C=N–C) groups is 1. The molecule has 3 atom stereocenters. The predicted molar refractivity (Wildman–Crippen MR) is 107 cm³/mol. The van der Waals surface area contributed by atoms with Crippen molar-refractivity contribution in [3.05, 3.63) is 12.2 Å². The predicted octanol–water partition coefficient (Wildman–Crippen LogP) is 1.99. The van der Waals surface area contributed by atoms with Gasteiger partial charge in [0, 0.05) is 50.0 Å². The van der Waals surface area contributed by atoms with Gasteiger partial charge in [-0.25, -0.2) is 4.98 Å². The van der Waals surface area contributed by atoms with Crippen LogP contribution in [0.4, 0.5) is 0 Å². The summed E-state index contributed by atoms with van der Waals surface area (Å²) in [6, 6.07) is 0.454. The quantitative estimate of drug-likeness (QED) is 0.401. The Morgan fingerprint density at radius 3 is 2.76 bits per heavy atom. The Hall–Kier alpha value is -0.900. The first kappa shape index (κ1) is 18.9. The van der Waals surface area contributed by atoms with Crippen LogP contribution in [0.2, 0.25) is 0 Å². The molecular formula is C17H29IN6O. The van der Waals surface area contributed by atoms with Crippen LogP contribution in [0.15, 0.2) is 11.3 Å². The molecule has 0 amide bonds. The Balaban J connectivity index is 0.00000182. The first-order valence-electron chi connectivity index (χ1n) is 9.06. The maximum atomic E-state index is 5.90. The highest BCUT2D eigenvalue weighted by molar-refractivity contribution is 14.0. The number of aromatic amines is 1. The van der Waals surface area contributed by atoms with Gasteiger partial charge in [-0.1, -0.05) is 13.8 Å². The maximum absolute atomic E-state index is 5.90. The van der Waals surface area contributed by atoms with Crippen molar-refractivity contribution >= 4 is 29.9 Å². The molecule has 1 aliphatic carbocycles. The smallest absolute Gasteiger partial charge is 0.193 e. The van der Waals surface area contributed by atoms with E-state index in [1.54, 1.807) is 6.33 Å². The van der Waals surface area contributed by atoms with Gasteiger partial charge in [0.15, 0.2) is 5.96 Å². The third kappa shape index (κ3) is 3.27. The maximum Gasteiger partial charge on any atom is 0.193 e. The number of piperidine rings is 1. The Bertz CT molecular complexity index is 596. The van der Waals surface area contributed by atoms with Gasteiger partial charge in [0.25, 0.3) is 0 Å². The summed E-state index contributed by atoms with van der Waals surface area (Å²) in [4.78, 5) is 11.2. The molecule has 1 aromatic heterocycles. The van der Waals surface area contributed by atoms with Gasteiger partial charge in [0.1, 0.15) is 12.2 Å². The Kier molecular flexibility index (Phi) is 5.57. The summed E-state index contributed by atoms with van der Waals surface area (Å²) in [6.07, 6.45) is 5.33. The first-order valence-corrected chi connectivity index (χ1v) is 9.06. The number of likely N-dealkylation sites (tertiary alicyclic amines) is 1. The molecule has 0 aromatic carbocycles. The molecule has 4 rings (SSSR count). The van der Waals surface area contributed by atoms with Crippen molar-refractivity contribution in [1.82, 2.24) is 25.4 Å². The third-order valence-corrected chi connectivity index (χ3v) is 6.21. The normalized spacial score (nSPS) is 31.9. The van der Waals surface area contributed by atoms with E-state index in [0.29, 0.717) is 24.0 Å². The van der Waals surface area contributed by atoms with Gasteiger partial charge in [-0.15, -0.1) is 24.0 Å². The lowest BCUT2D eigenvalue weighted by Crippen LogP contribution is -2.68. The van der Waals surface area contributed by atoms with Crippen LogP contribution in [0, 0.1) is 11.3 Å². The van der Waals surface area contributed by atoms with Crippen LogP contribution in [-0.2, 0) is 4.74 Å². The summed E-state index contributed by atoms with van der Waals surface area (Å²) in [5, 5.41) is 10.7. The highest BCUT2D eigenvalue weighted by Gasteiger charge is 2.59. The molecule has 8 heteroatoms. The minimum Gasteiger partial charge on any atom is -0.377 e. The van der Waals surface area contributed by atoms with Gasteiger partial charge in [0.05, 0.1) is 6.10 Å². The summed E-state index contributed by atoms with van der Waals surface area (Å²) < 4.78 is 5.90. The lowest BCUT2D eigenvalue weighted by Gasteiger charge is -2.55. The van der Waals surface area contributed by atoms with Gasteiger partial charge in [-0.05, 0) is 19.3 Å². The number of nitrogens with zero attached hydrogens (tertiary/aromatic N) is 4. The zero-order chi connectivity index (χ0) is 16.7. The van der Waals surface area contributed by atoms with Gasteiger partial charge in [-0.2, -0.15) is 5.10 Å². The van der Waals surface area contributed by atoms with E-state index in [1.807, 2.05) is 7.05 Å². The van der Waals surface area contributed by atoms with Crippen molar-refractivity contribution in [2.24, 2.45) is 16.3 Å². The first-order chi connectivity index (χ1) is 11.6. The van der Waals surface area contributed by atoms with Crippen LogP contribution in [0.25, 0.3) is 0 Å². The number of aromatic nitrogens is 3. The highest BCUT2D eigenvalue weighted by atomic mass is 127. The third-order valence-electron chi connectivity index (χ3n) is 6.21. The molecule has 140 valence electrons. The average Bonchev–Trinajstić information content (AvgIpc) is 3.27. The molecule has 2 saturated heterocycles. The monoisotopic (exact) mass is 460 g/mol. The van der Waals surface area contributed by atoms with Crippen LogP contribution in [-0.4, -0.2) is 64.9 Å². The molecule has 3 aliphatic rings. The molecule has 25 heavy (non-hydrogen) atoms. The molecule has 3 unspecified atom stereocenters. The van der Waals surface area contributed by atoms with Crippen molar-refractivity contribution in [3.63, 3.8) is 0 Å². The van der Waals surface area contributed by atoms with E-state index in [9.17, 15) is 0 Å². The second-order valence-electron chi connectivity index (χ2n) is 7.87. The lowest BCUT2D eigenvalue weighted by atomic mass is 9.57. The van der Waals surface area contributed by atoms with Gasteiger partial charge >= 0.3 is 0 Å². The molecule has 0 spiro atoms. The van der Waals surface area contributed by atoms with Crippen LogP contribution in [0.5, 0.6) is 0 Å². The molecule has 1 saturated carbocycles. The summed E-state index contributed by atoms with van der Waals surface area (Å²) >= 11 is 0. The van der Waals surface area contributed by atoms with E-state index in [2.05, 4.69) is 44.2 Å². The van der Waals surface area contributed by atoms with E-state index in [-0.39, 0.29) is 29.4 Å². The molecule has 3 fully saturated rings.